The first-order chi connectivity index (χ1) is 15.1. The molecule has 0 saturated carbocycles. The molecule has 0 unspecified atom stereocenters. The summed E-state index contributed by atoms with van der Waals surface area (Å²) in [6.07, 6.45) is 2.70. The Bertz CT molecular complexity index is 1060. The molecule has 2 aromatic rings. The molecule has 1 aliphatic heterocycles. The van der Waals surface area contributed by atoms with Crippen LogP contribution >= 0.6 is 15.9 Å². The van der Waals surface area contributed by atoms with Crippen LogP contribution in [0.5, 0.6) is 0 Å². The Kier molecular flexibility index (Phi) is 7.19. The number of rotatable bonds is 4. The summed E-state index contributed by atoms with van der Waals surface area (Å²) in [6.45, 7) is 6.40. The van der Waals surface area contributed by atoms with E-state index in [9.17, 15) is 14.0 Å². The molecule has 0 bridgehead atoms. The third kappa shape index (κ3) is 6.07. The number of piperidine rings is 1. The van der Waals surface area contributed by atoms with Gasteiger partial charge in [0.05, 0.1) is 10.0 Å². The van der Waals surface area contributed by atoms with E-state index in [2.05, 4.69) is 26.3 Å². The first-order valence-electron chi connectivity index (χ1n) is 10.3. The van der Waals surface area contributed by atoms with Gasteiger partial charge in [-0.3, -0.25) is 9.48 Å². The summed E-state index contributed by atoms with van der Waals surface area (Å²) in [7, 11) is 0. The number of nitrogens with one attached hydrogen (secondary N) is 1. The smallest absolute Gasteiger partial charge is 0.407 e. The maximum atomic E-state index is 14.0. The van der Waals surface area contributed by atoms with E-state index in [0.717, 1.165) is 12.8 Å². The van der Waals surface area contributed by atoms with E-state index < -0.39 is 17.5 Å². The summed E-state index contributed by atoms with van der Waals surface area (Å²) in [5.41, 5.74) is 0.347. The minimum absolute atomic E-state index is 0.0104. The van der Waals surface area contributed by atoms with Crippen molar-refractivity contribution in [3.05, 3.63) is 40.2 Å². The van der Waals surface area contributed by atoms with Crippen LogP contribution in [0.3, 0.4) is 0 Å². The maximum absolute atomic E-state index is 14.0. The van der Waals surface area contributed by atoms with E-state index in [1.165, 1.54) is 16.8 Å². The van der Waals surface area contributed by atoms with Crippen LogP contribution in [-0.2, 0) is 16.1 Å². The maximum Gasteiger partial charge on any atom is 0.407 e. The number of carbonyl (C=O) groups is 2. The number of likely N-dealkylation sites (tertiary alicyclic amines) is 1. The van der Waals surface area contributed by atoms with Gasteiger partial charge in [0, 0.05) is 30.9 Å². The zero-order chi connectivity index (χ0) is 23.5. The number of benzene rings is 1. The highest BCUT2D eigenvalue weighted by atomic mass is 79.9. The van der Waals surface area contributed by atoms with Crippen LogP contribution in [0.1, 0.15) is 39.2 Å². The standard InChI is InChI=1S/C22H25BrFN5O3/c1-22(2,3)32-21(31)26-16-5-4-8-28(11-16)19(30)13-29-12-17(23)20(27-29)14-6-7-15(10-25)18(24)9-14/h6-7,9,12,16H,4-5,8,11,13H2,1-3H3,(H,26,31)/t16-/m1/s1. The number of amides is 2. The molecule has 10 heteroatoms. The lowest BCUT2D eigenvalue weighted by Crippen LogP contribution is -2.51. The van der Waals surface area contributed by atoms with Crippen LogP contribution in [-0.4, -0.2) is 51.4 Å². The SMILES string of the molecule is CC(C)(C)OC(=O)N[C@@H]1CCCN(C(=O)Cn2cc(Br)c(-c3ccc(C#N)c(F)c3)n2)C1. The molecule has 1 N–H and O–H groups in total. The molecular weight excluding hydrogens is 481 g/mol. The molecule has 2 amide bonds. The van der Waals surface area contributed by atoms with Crippen molar-refractivity contribution in [1.82, 2.24) is 20.0 Å². The van der Waals surface area contributed by atoms with Gasteiger partial charge >= 0.3 is 6.09 Å². The van der Waals surface area contributed by atoms with Crippen LogP contribution in [0.25, 0.3) is 11.3 Å². The number of aromatic nitrogens is 2. The van der Waals surface area contributed by atoms with E-state index in [-0.39, 0.29) is 24.1 Å². The van der Waals surface area contributed by atoms with Crippen molar-refractivity contribution in [2.75, 3.05) is 13.1 Å². The van der Waals surface area contributed by atoms with Gasteiger partial charge in [0.1, 0.15) is 29.7 Å². The van der Waals surface area contributed by atoms with Crippen molar-refractivity contribution in [3.8, 4) is 17.3 Å². The first kappa shape index (κ1) is 23.7. The fraction of sp³-hybridized carbons (Fsp3) is 0.455. The summed E-state index contributed by atoms with van der Waals surface area (Å²) in [4.78, 5) is 26.6. The van der Waals surface area contributed by atoms with Crippen LogP contribution in [0.15, 0.2) is 28.9 Å². The van der Waals surface area contributed by atoms with Gasteiger partial charge in [-0.1, -0.05) is 6.07 Å². The molecule has 0 spiro atoms. The van der Waals surface area contributed by atoms with Crippen LogP contribution in [0.2, 0.25) is 0 Å². The quantitative estimate of drug-likeness (QED) is 0.680. The topological polar surface area (TPSA) is 100 Å². The molecule has 32 heavy (non-hydrogen) atoms. The van der Waals surface area contributed by atoms with E-state index >= 15 is 0 Å². The first-order valence-corrected chi connectivity index (χ1v) is 11.1. The molecule has 1 aliphatic rings. The molecule has 1 atom stereocenters. The molecule has 1 fully saturated rings. The van der Waals surface area contributed by atoms with E-state index in [1.807, 2.05) is 0 Å². The highest BCUT2D eigenvalue weighted by Gasteiger charge is 2.27. The van der Waals surface area contributed by atoms with Gasteiger partial charge in [0.2, 0.25) is 5.91 Å². The fourth-order valence-electron chi connectivity index (χ4n) is 3.46. The van der Waals surface area contributed by atoms with Crippen molar-refractivity contribution in [2.24, 2.45) is 0 Å². The summed E-state index contributed by atoms with van der Waals surface area (Å²) in [6, 6.07) is 5.86. The molecular formula is C22H25BrFN5O3. The molecule has 170 valence electrons. The van der Waals surface area contributed by atoms with Crippen molar-refractivity contribution < 1.29 is 18.7 Å². The number of carbonyl (C=O) groups excluding carboxylic acids is 2. The minimum atomic E-state index is -0.626. The lowest BCUT2D eigenvalue weighted by molar-refractivity contribution is -0.133. The number of hydrogen-bond donors (Lipinski definition) is 1. The van der Waals surface area contributed by atoms with Gasteiger partial charge in [-0.25, -0.2) is 9.18 Å². The largest absolute Gasteiger partial charge is 0.444 e. The predicted octanol–water partition coefficient (Wildman–Crippen LogP) is 3.84. The van der Waals surface area contributed by atoms with E-state index in [4.69, 9.17) is 10.00 Å². The molecule has 8 nitrogen and oxygen atoms in total. The third-order valence-electron chi connectivity index (χ3n) is 4.87. The van der Waals surface area contributed by atoms with Gasteiger partial charge in [0.25, 0.3) is 0 Å². The number of hydrogen-bond acceptors (Lipinski definition) is 5. The molecule has 0 radical (unpaired) electrons. The van der Waals surface area contributed by atoms with Crippen molar-refractivity contribution in [2.45, 2.75) is 51.8 Å². The normalized spacial score (nSPS) is 16.4. The zero-order valence-electron chi connectivity index (χ0n) is 18.2. The predicted molar refractivity (Wildman–Crippen MR) is 119 cm³/mol. The number of alkyl carbamates (subject to hydrolysis) is 1. The van der Waals surface area contributed by atoms with Gasteiger partial charge in [0.15, 0.2) is 0 Å². The summed E-state index contributed by atoms with van der Waals surface area (Å²) in [5, 5.41) is 16.1. The summed E-state index contributed by atoms with van der Waals surface area (Å²) < 4.78 is 21.4. The third-order valence-corrected chi connectivity index (χ3v) is 5.45. The molecule has 1 aromatic carbocycles. The highest BCUT2D eigenvalue weighted by Crippen LogP contribution is 2.28. The van der Waals surface area contributed by atoms with Crippen LogP contribution < -0.4 is 5.32 Å². The Labute approximate surface area is 194 Å². The van der Waals surface area contributed by atoms with Gasteiger partial charge in [-0.15, -0.1) is 0 Å². The van der Waals surface area contributed by atoms with Gasteiger partial charge in [-0.2, -0.15) is 10.4 Å². The Hall–Kier alpha value is -2.93. The summed E-state index contributed by atoms with van der Waals surface area (Å²) in [5.74, 6) is -0.757. The number of ether oxygens (including phenoxy) is 1. The average Bonchev–Trinajstić information content (AvgIpc) is 3.06. The minimum Gasteiger partial charge on any atom is -0.444 e. The second-order valence-electron chi connectivity index (χ2n) is 8.65. The lowest BCUT2D eigenvalue weighted by Gasteiger charge is -2.33. The second kappa shape index (κ2) is 9.69. The van der Waals surface area contributed by atoms with E-state index in [0.29, 0.717) is 28.8 Å². The Morgan fingerprint density at radius 3 is 2.81 bits per heavy atom. The Morgan fingerprint density at radius 2 is 2.16 bits per heavy atom. The molecule has 1 aromatic heterocycles. The number of halogens is 2. The van der Waals surface area contributed by atoms with Crippen molar-refractivity contribution >= 4 is 27.9 Å². The zero-order valence-corrected chi connectivity index (χ0v) is 19.8. The molecule has 3 rings (SSSR count). The number of nitrogens with zero attached hydrogens (tertiary/aromatic N) is 4. The van der Waals surface area contributed by atoms with Crippen LogP contribution in [0, 0.1) is 17.1 Å². The Balaban J connectivity index is 1.63. The Morgan fingerprint density at radius 1 is 1.41 bits per heavy atom. The number of nitriles is 1. The van der Waals surface area contributed by atoms with Crippen LogP contribution in [0.4, 0.5) is 9.18 Å². The van der Waals surface area contributed by atoms with Gasteiger partial charge in [-0.05, 0) is 61.7 Å². The average molecular weight is 506 g/mol. The lowest BCUT2D eigenvalue weighted by atomic mass is 10.1. The highest BCUT2D eigenvalue weighted by molar-refractivity contribution is 9.10. The molecule has 2 heterocycles. The monoisotopic (exact) mass is 505 g/mol. The van der Waals surface area contributed by atoms with Crippen molar-refractivity contribution in [3.63, 3.8) is 0 Å². The second-order valence-corrected chi connectivity index (χ2v) is 9.51. The van der Waals surface area contributed by atoms with Gasteiger partial charge < -0.3 is 15.0 Å². The fourth-order valence-corrected chi connectivity index (χ4v) is 4.01. The molecule has 0 aliphatic carbocycles. The molecule has 1 saturated heterocycles. The van der Waals surface area contributed by atoms with E-state index in [1.54, 1.807) is 44.0 Å². The summed E-state index contributed by atoms with van der Waals surface area (Å²) >= 11 is 3.40. The van der Waals surface area contributed by atoms with Crippen molar-refractivity contribution in [1.29, 1.82) is 5.26 Å².